The molecule has 4 aromatic rings. The monoisotopic (exact) mass is 548 g/mol. The Balaban J connectivity index is 0. The minimum Gasteiger partial charge on any atom is -0.343 e. The van der Waals surface area contributed by atoms with Crippen molar-refractivity contribution in [1.82, 2.24) is 0 Å². The molecule has 0 saturated heterocycles. The van der Waals surface area contributed by atoms with Gasteiger partial charge in [0.25, 0.3) is 0 Å². The third kappa shape index (κ3) is 14.9. The summed E-state index contributed by atoms with van der Waals surface area (Å²) in [4.78, 5) is 0. The van der Waals surface area contributed by atoms with E-state index in [-0.39, 0.29) is 26.2 Å². The second kappa shape index (κ2) is 23.5. The average molecular weight is 550 g/mol. The van der Waals surface area contributed by atoms with E-state index in [0.717, 1.165) is 35.2 Å². The van der Waals surface area contributed by atoms with E-state index in [9.17, 15) is 0 Å². The third-order valence-corrected chi connectivity index (χ3v) is 4.88. The number of unbranched alkanes of at least 4 members (excludes halogenated alkanes) is 2. The Labute approximate surface area is 233 Å². The molecule has 0 nitrogen and oxygen atoms in total. The van der Waals surface area contributed by atoms with Crippen molar-refractivity contribution < 1.29 is 26.2 Å². The Bertz CT molecular complexity index is 800. The van der Waals surface area contributed by atoms with Gasteiger partial charge in [-0.1, -0.05) is 65.8 Å². The van der Waals surface area contributed by atoms with Crippen LogP contribution in [0.4, 0.5) is 0 Å². The topological polar surface area (TPSA) is 0 Å². The second-order valence-corrected chi connectivity index (χ2v) is 8.90. The molecule has 0 spiro atoms. The Morgan fingerprint density at radius 1 is 0.647 bits per heavy atom. The van der Waals surface area contributed by atoms with Crippen LogP contribution in [0.25, 0.3) is 21.5 Å². The Hall–Kier alpha value is -1.24. The molecule has 0 bridgehead atoms. The number of fused-ring (bicyclic) bond motifs is 2. The molecule has 2 radical (unpaired) electrons. The minimum absolute atomic E-state index is 0. The van der Waals surface area contributed by atoms with Crippen LogP contribution in [0.1, 0.15) is 64.5 Å². The van der Waals surface area contributed by atoms with Crippen molar-refractivity contribution in [2.24, 2.45) is 0 Å². The summed E-state index contributed by atoms with van der Waals surface area (Å²) in [6, 6.07) is 26.0. The molecule has 0 heterocycles. The summed E-state index contributed by atoms with van der Waals surface area (Å²) in [5.74, 6) is 0. The van der Waals surface area contributed by atoms with Gasteiger partial charge in [-0.15, -0.1) is 81.2 Å². The Morgan fingerprint density at radius 2 is 0.941 bits per heavy atom. The van der Waals surface area contributed by atoms with Gasteiger partial charge in [-0.3, -0.25) is 0 Å². The first kappa shape index (κ1) is 34.9. The maximum atomic E-state index is 3.60. The van der Waals surface area contributed by atoms with Gasteiger partial charge in [0.1, 0.15) is 0 Å². The summed E-state index contributed by atoms with van der Waals surface area (Å²) in [6.45, 7) is 20.1. The molecule has 0 N–H and O–H groups in total. The van der Waals surface area contributed by atoms with E-state index in [0.29, 0.717) is 0 Å². The molecule has 2 heteroatoms. The van der Waals surface area contributed by atoms with Crippen LogP contribution in [-0.4, -0.2) is 9.52 Å². The predicted molar refractivity (Wildman–Crippen MR) is 156 cm³/mol. The van der Waals surface area contributed by atoms with E-state index in [4.69, 9.17) is 0 Å². The standard InChI is InChI=1S/2C11H11.2C4H9.C2H6Si.Zr/c2*1-2-9-7-10-5-3-4-6-11(10)8-9;2*1-3-4-2;1-3-2;/h2*3-8H,2H2,1H3;2*1,3-4H2,2H3;1-2H3;/q4*-1;;+4. The van der Waals surface area contributed by atoms with Gasteiger partial charge in [-0.25, -0.2) is 0 Å². The number of benzene rings is 2. The largest absolute Gasteiger partial charge is 4.00 e. The zero-order chi connectivity index (χ0) is 24.9. The smallest absolute Gasteiger partial charge is 0.343 e. The van der Waals surface area contributed by atoms with Crippen LogP contribution in [0.2, 0.25) is 13.1 Å². The van der Waals surface area contributed by atoms with Gasteiger partial charge in [-0.2, -0.15) is 25.0 Å². The first-order chi connectivity index (χ1) is 16.0. The van der Waals surface area contributed by atoms with Crippen molar-refractivity contribution in [1.29, 1.82) is 0 Å². The van der Waals surface area contributed by atoms with E-state index in [2.05, 4.69) is 127 Å². The quantitative estimate of drug-likeness (QED) is 0.175. The molecule has 4 aromatic carbocycles. The van der Waals surface area contributed by atoms with Gasteiger partial charge in [0.15, 0.2) is 0 Å². The van der Waals surface area contributed by atoms with Crippen LogP contribution in [0.5, 0.6) is 0 Å². The fourth-order valence-corrected chi connectivity index (χ4v) is 2.84. The van der Waals surface area contributed by atoms with E-state index < -0.39 is 0 Å². The van der Waals surface area contributed by atoms with E-state index >= 15 is 0 Å². The van der Waals surface area contributed by atoms with Crippen LogP contribution < -0.4 is 0 Å². The normalized spacial score (nSPS) is 9.18. The summed E-state index contributed by atoms with van der Waals surface area (Å²) in [5.41, 5.74) is 2.87. The first-order valence-electron chi connectivity index (χ1n) is 12.5. The van der Waals surface area contributed by atoms with Crippen molar-refractivity contribution >= 4 is 31.1 Å². The molecule has 0 atom stereocenters. The zero-order valence-electron chi connectivity index (χ0n) is 22.6. The van der Waals surface area contributed by atoms with Crippen molar-refractivity contribution in [2.45, 2.75) is 79.3 Å². The molecule has 0 unspecified atom stereocenters. The van der Waals surface area contributed by atoms with Crippen LogP contribution in [0.3, 0.4) is 0 Å². The predicted octanol–water partition coefficient (Wildman–Crippen LogP) is 10.3. The molecule has 4 rings (SSSR count). The van der Waals surface area contributed by atoms with Gasteiger partial charge in [-0.05, 0) is 12.8 Å². The maximum Gasteiger partial charge on any atom is 4.00 e. The Morgan fingerprint density at radius 3 is 1.18 bits per heavy atom. The number of rotatable bonds is 4. The molecule has 0 aliphatic carbocycles. The molecular weight excluding hydrogens is 504 g/mol. The number of hydrogen-bond donors (Lipinski definition) is 0. The van der Waals surface area contributed by atoms with Crippen LogP contribution in [0, 0.1) is 13.8 Å². The van der Waals surface area contributed by atoms with E-state index in [1.54, 1.807) is 0 Å². The Kier molecular flexibility index (Phi) is 24.1. The third-order valence-electron chi connectivity index (χ3n) is 4.88. The van der Waals surface area contributed by atoms with Gasteiger partial charge in [0, 0.05) is 9.52 Å². The van der Waals surface area contributed by atoms with Gasteiger partial charge < -0.3 is 13.8 Å². The molecule has 0 aromatic heterocycles. The van der Waals surface area contributed by atoms with Crippen molar-refractivity contribution in [3.63, 3.8) is 0 Å². The molecule has 0 saturated carbocycles. The molecule has 182 valence electrons. The molecule has 0 aliphatic heterocycles. The summed E-state index contributed by atoms with van der Waals surface area (Å²) >= 11 is 0. The van der Waals surface area contributed by atoms with Gasteiger partial charge in [0.2, 0.25) is 0 Å². The number of hydrogen-bond acceptors (Lipinski definition) is 0. The van der Waals surface area contributed by atoms with Gasteiger partial charge in [0.05, 0.1) is 0 Å². The summed E-state index contributed by atoms with van der Waals surface area (Å²) in [6.07, 6.45) is 6.82. The van der Waals surface area contributed by atoms with Crippen molar-refractivity contribution in [3.05, 3.63) is 97.8 Å². The summed E-state index contributed by atoms with van der Waals surface area (Å²) in [7, 11) is 1.08. The zero-order valence-corrected chi connectivity index (χ0v) is 26.0. The van der Waals surface area contributed by atoms with Crippen molar-refractivity contribution in [3.8, 4) is 0 Å². The van der Waals surface area contributed by atoms with E-state index in [1.807, 2.05) is 0 Å². The maximum absolute atomic E-state index is 3.60. The molecule has 0 amide bonds. The molecule has 0 fully saturated rings. The summed E-state index contributed by atoms with van der Waals surface area (Å²) in [5, 5.41) is 5.46. The first-order valence-corrected chi connectivity index (χ1v) is 14.5. The van der Waals surface area contributed by atoms with E-state index in [1.165, 1.54) is 45.5 Å². The average Bonchev–Trinajstić information content (AvgIpc) is 3.48. The second-order valence-electron chi connectivity index (χ2n) is 7.90. The SMILES string of the molecule is CCc1cc2ccccc2[cH-]1.CCc1cc2ccccc2[cH-]1.C[Si]C.[CH2-]CCC.[CH2-]CCC.[Zr+4]. The summed E-state index contributed by atoms with van der Waals surface area (Å²) < 4.78 is 0. The minimum atomic E-state index is 0. The van der Waals surface area contributed by atoms with Crippen LogP contribution in [0.15, 0.2) is 72.8 Å². The van der Waals surface area contributed by atoms with Gasteiger partial charge >= 0.3 is 26.2 Å². The molecule has 0 aliphatic rings. The van der Waals surface area contributed by atoms with Crippen LogP contribution >= 0.6 is 0 Å². The fraction of sp³-hybridized carbons (Fsp3) is 0.375. The number of aryl methyl sites for hydroxylation is 2. The molecular formula is C32H46SiZr. The fourth-order valence-electron chi connectivity index (χ4n) is 2.84. The molecule has 34 heavy (non-hydrogen) atoms. The van der Waals surface area contributed by atoms with Crippen LogP contribution in [-0.2, 0) is 39.0 Å². The van der Waals surface area contributed by atoms with Crippen molar-refractivity contribution in [2.75, 3.05) is 0 Å².